The summed E-state index contributed by atoms with van der Waals surface area (Å²) in [6, 6.07) is 10.9. The number of anilines is 1. The van der Waals surface area contributed by atoms with E-state index in [0.717, 1.165) is 0 Å². The van der Waals surface area contributed by atoms with Gasteiger partial charge in [-0.25, -0.2) is 0 Å². The lowest BCUT2D eigenvalue weighted by atomic mass is 10.3. The number of hydrogen-bond acceptors (Lipinski definition) is 1. The number of hydrogen-bond donors (Lipinski definition) is 0. The second-order valence-corrected chi connectivity index (χ2v) is 17.7. The lowest BCUT2D eigenvalue weighted by Gasteiger charge is -2.47. The zero-order valence-electron chi connectivity index (χ0n) is 10.9. The minimum atomic E-state index is -1.30. The lowest BCUT2D eigenvalue weighted by molar-refractivity contribution is 1.35. The van der Waals surface area contributed by atoms with Crippen molar-refractivity contribution >= 4 is 44.7 Å². The summed E-state index contributed by atoms with van der Waals surface area (Å²) in [6.45, 7) is 12.3. The fourth-order valence-electron chi connectivity index (χ4n) is 2.28. The molecule has 0 amide bonds. The van der Waals surface area contributed by atoms with E-state index in [2.05, 4.69) is 89.9 Å². The summed E-state index contributed by atoms with van der Waals surface area (Å²) in [7, 11) is -2.59. The van der Waals surface area contributed by atoms with Gasteiger partial charge in [-0.1, -0.05) is 73.5 Å². The highest BCUT2D eigenvalue weighted by Gasteiger charge is 2.37. The average Bonchev–Trinajstić information content (AvgIpc) is 2.17. The molecule has 0 fully saturated rings. The quantitative estimate of drug-likeness (QED) is 0.432. The minimum absolute atomic E-state index is 1.28. The third kappa shape index (κ3) is 3.34. The molecule has 0 aliphatic heterocycles. The Labute approximate surface area is 116 Å². The zero-order valence-corrected chi connectivity index (χ0v) is 15.1. The Morgan fingerprint density at radius 1 is 1.00 bits per heavy atom. The Morgan fingerprint density at radius 2 is 1.50 bits per heavy atom. The van der Waals surface area contributed by atoms with Gasteiger partial charge in [-0.3, -0.25) is 0 Å². The molecular formula is C12H22INSi2. The van der Waals surface area contributed by atoms with Crippen LogP contribution in [-0.2, 0) is 0 Å². The molecule has 0 aromatic heterocycles. The van der Waals surface area contributed by atoms with Crippen LogP contribution in [0.25, 0.3) is 0 Å². The summed E-state index contributed by atoms with van der Waals surface area (Å²) in [4.78, 5) is 0. The van der Waals surface area contributed by atoms with Crippen molar-refractivity contribution in [1.29, 1.82) is 0 Å². The fourth-order valence-corrected chi connectivity index (χ4v) is 13.7. The van der Waals surface area contributed by atoms with Gasteiger partial charge < -0.3 is 4.23 Å². The Hall–Kier alpha value is 0.184. The maximum Gasteiger partial charge on any atom is 0.151 e. The van der Waals surface area contributed by atoms with E-state index in [4.69, 9.17) is 0 Å². The van der Waals surface area contributed by atoms with Crippen molar-refractivity contribution in [3.8, 4) is 0 Å². The number of para-hydroxylation sites is 1. The summed E-state index contributed by atoms with van der Waals surface area (Å²) >= 11 is 2.55. The van der Waals surface area contributed by atoms with Crippen molar-refractivity contribution in [3.63, 3.8) is 0 Å². The van der Waals surface area contributed by atoms with Crippen molar-refractivity contribution in [2.45, 2.75) is 32.7 Å². The van der Waals surface area contributed by atoms with Crippen LogP contribution in [0.5, 0.6) is 0 Å². The van der Waals surface area contributed by atoms with Gasteiger partial charge in [-0.05, 0) is 12.1 Å². The van der Waals surface area contributed by atoms with Crippen LogP contribution in [0, 0.1) is 0 Å². The van der Waals surface area contributed by atoms with E-state index in [0.29, 0.717) is 0 Å². The van der Waals surface area contributed by atoms with Crippen LogP contribution in [0.15, 0.2) is 30.3 Å². The van der Waals surface area contributed by atoms with Gasteiger partial charge in [0.15, 0.2) is 8.24 Å². The second-order valence-electron chi connectivity index (χ2n) is 5.79. The van der Waals surface area contributed by atoms with Gasteiger partial charge in [0.2, 0.25) is 0 Å². The van der Waals surface area contributed by atoms with Crippen molar-refractivity contribution in [3.05, 3.63) is 30.3 Å². The van der Waals surface area contributed by atoms with E-state index in [1.54, 1.807) is 0 Å². The molecule has 0 unspecified atom stereocenters. The minimum Gasteiger partial charge on any atom is -0.424 e. The Balaban J connectivity index is 3.18. The highest BCUT2D eigenvalue weighted by molar-refractivity contribution is 14.1. The first-order chi connectivity index (χ1) is 7.29. The average molecular weight is 363 g/mol. The fraction of sp³-hybridized carbons (Fsp3) is 0.500. The molecule has 0 heterocycles. The van der Waals surface area contributed by atoms with Crippen LogP contribution in [0.3, 0.4) is 0 Å². The first kappa shape index (κ1) is 14.2. The Bertz CT molecular complexity index is 333. The van der Waals surface area contributed by atoms with Gasteiger partial charge in [0.25, 0.3) is 0 Å². The largest absolute Gasteiger partial charge is 0.424 e. The van der Waals surface area contributed by atoms with Crippen LogP contribution in [-0.4, -0.2) is 20.5 Å². The number of nitrogens with zero attached hydrogens (tertiary/aromatic N) is 1. The van der Waals surface area contributed by atoms with Crippen LogP contribution in [0.1, 0.15) is 0 Å². The molecule has 1 rings (SSSR count). The molecule has 0 bridgehead atoms. The first-order valence-corrected chi connectivity index (χ1v) is 13.8. The van der Waals surface area contributed by atoms with E-state index in [-0.39, 0.29) is 0 Å². The van der Waals surface area contributed by atoms with Crippen molar-refractivity contribution in [2.75, 3.05) is 8.28 Å². The highest BCUT2D eigenvalue weighted by Crippen LogP contribution is 2.28. The summed E-state index contributed by atoms with van der Waals surface area (Å²) in [5.41, 5.74) is 1.43. The molecule has 0 saturated carbocycles. The number of halogens is 1. The Kier molecular flexibility index (Phi) is 4.65. The van der Waals surface area contributed by atoms with E-state index in [1.807, 2.05) is 0 Å². The molecule has 1 aromatic carbocycles. The molecule has 16 heavy (non-hydrogen) atoms. The normalized spacial score (nSPS) is 12.6. The molecule has 4 heteroatoms. The third-order valence-corrected chi connectivity index (χ3v) is 15.8. The van der Waals surface area contributed by atoms with E-state index in [1.165, 1.54) is 9.74 Å². The topological polar surface area (TPSA) is 3.24 Å². The third-order valence-electron chi connectivity index (χ3n) is 2.62. The van der Waals surface area contributed by atoms with Gasteiger partial charge >= 0.3 is 0 Å². The SMILES string of the molecule is C[Si](C)(C)N(c1ccccc1)[Si](C)(C)CI. The van der Waals surface area contributed by atoms with E-state index < -0.39 is 16.5 Å². The molecule has 0 N–H and O–H groups in total. The van der Waals surface area contributed by atoms with Crippen LogP contribution < -0.4 is 4.23 Å². The number of alkyl halides is 1. The van der Waals surface area contributed by atoms with E-state index >= 15 is 0 Å². The Morgan fingerprint density at radius 3 is 1.88 bits per heavy atom. The molecule has 1 aromatic rings. The van der Waals surface area contributed by atoms with Gasteiger partial charge in [0.1, 0.15) is 8.24 Å². The molecule has 0 aliphatic rings. The standard InChI is InChI=1S/C12H22INSi2/c1-15(2,3)14(16(4,5)11-13)12-9-7-6-8-10-12/h6-10H,11H2,1-5H3. The van der Waals surface area contributed by atoms with E-state index in [9.17, 15) is 0 Å². The predicted molar refractivity (Wildman–Crippen MR) is 88.6 cm³/mol. The first-order valence-electron chi connectivity index (χ1n) is 5.70. The maximum atomic E-state index is 2.78. The van der Waals surface area contributed by atoms with Gasteiger partial charge in [-0.2, -0.15) is 0 Å². The van der Waals surface area contributed by atoms with Crippen LogP contribution >= 0.6 is 22.6 Å². The smallest absolute Gasteiger partial charge is 0.151 e. The van der Waals surface area contributed by atoms with Crippen molar-refractivity contribution in [1.82, 2.24) is 0 Å². The molecule has 0 atom stereocenters. The molecule has 1 nitrogen and oxygen atoms in total. The van der Waals surface area contributed by atoms with Crippen LogP contribution in [0.4, 0.5) is 5.69 Å². The highest BCUT2D eigenvalue weighted by atomic mass is 127. The summed E-state index contributed by atoms with van der Waals surface area (Å²) in [6.07, 6.45) is 0. The van der Waals surface area contributed by atoms with Gasteiger partial charge in [0, 0.05) is 9.74 Å². The summed E-state index contributed by atoms with van der Waals surface area (Å²) < 4.78 is 4.07. The summed E-state index contributed by atoms with van der Waals surface area (Å²) in [5.74, 6) is 0. The van der Waals surface area contributed by atoms with Crippen molar-refractivity contribution < 1.29 is 0 Å². The number of benzene rings is 1. The molecular weight excluding hydrogens is 341 g/mol. The molecule has 90 valence electrons. The molecule has 0 spiro atoms. The van der Waals surface area contributed by atoms with Gasteiger partial charge in [0.05, 0.1) is 0 Å². The molecule has 0 radical (unpaired) electrons. The monoisotopic (exact) mass is 363 g/mol. The van der Waals surface area contributed by atoms with Gasteiger partial charge in [-0.15, -0.1) is 0 Å². The number of rotatable bonds is 4. The second kappa shape index (κ2) is 5.22. The van der Waals surface area contributed by atoms with Crippen LogP contribution in [0.2, 0.25) is 32.7 Å². The predicted octanol–water partition coefficient (Wildman–Crippen LogP) is 4.51. The molecule has 0 saturated heterocycles. The lowest BCUT2D eigenvalue weighted by Crippen LogP contribution is -2.62. The zero-order chi connectivity index (χ0) is 12.4. The van der Waals surface area contributed by atoms with Crippen molar-refractivity contribution in [2.24, 2.45) is 0 Å². The maximum absolute atomic E-state index is 2.78. The summed E-state index contributed by atoms with van der Waals surface area (Å²) in [5, 5.41) is 0. The molecule has 0 aliphatic carbocycles.